The minimum Gasteiger partial charge on any atom is -0.502 e. The molecule has 1 N–H and O–H groups in total. The third-order valence-corrected chi connectivity index (χ3v) is 4.88. The number of phenols is 1. The van der Waals surface area contributed by atoms with Gasteiger partial charge in [-0.15, -0.1) is 0 Å². The van der Waals surface area contributed by atoms with E-state index in [-0.39, 0.29) is 5.91 Å². The Morgan fingerprint density at radius 1 is 1.24 bits per heavy atom. The molecule has 1 saturated heterocycles. The van der Waals surface area contributed by atoms with Crippen molar-refractivity contribution < 1.29 is 14.8 Å². The lowest BCUT2D eigenvalue weighted by atomic mass is 10.1. The van der Waals surface area contributed by atoms with Crippen LogP contribution < -0.4 is 4.90 Å². The van der Waals surface area contributed by atoms with Crippen molar-refractivity contribution in [1.29, 1.82) is 0 Å². The molecule has 8 heteroatoms. The number of nitro benzene ring substituents is 1. The number of rotatable bonds is 3. The van der Waals surface area contributed by atoms with E-state index in [1.54, 1.807) is 0 Å². The van der Waals surface area contributed by atoms with Crippen molar-refractivity contribution >= 4 is 51.7 Å². The molecule has 1 fully saturated rings. The lowest BCUT2D eigenvalue weighted by Crippen LogP contribution is -2.27. The van der Waals surface area contributed by atoms with Gasteiger partial charge in [0.2, 0.25) is 0 Å². The SMILES string of the molecule is Cc1ccc(N2C(=O)C(=Cc3ccc(O)c([N+](=O)[O-])c3)SC2=S)cc1. The highest BCUT2D eigenvalue weighted by Gasteiger charge is 2.33. The first-order valence-electron chi connectivity index (χ1n) is 7.19. The molecule has 2 aromatic carbocycles. The average molecular weight is 372 g/mol. The molecule has 25 heavy (non-hydrogen) atoms. The lowest BCUT2D eigenvalue weighted by molar-refractivity contribution is -0.385. The molecule has 1 amide bonds. The Labute approximate surface area is 152 Å². The van der Waals surface area contributed by atoms with Crippen LogP contribution in [0.1, 0.15) is 11.1 Å². The van der Waals surface area contributed by atoms with Gasteiger partial charge in [0.25, 0.3) is 5.91 Å². The van der Waals surface area contributed by atoms with Gasteiger partial charge in [-0.1, -0.05) is 47.7 Å². The fourth-order valence-electron chi connectivity index (χ4n) is 2.31. The quantitative estimate of drug-likeness (QED) is 0.379. The monoisotopic (exact) mass is 372 g/mol. The van der Waals surface area contributed by atoms with Gasteiger partial charge in [-0.25, -0.2) is 0 Å². The Hall–Kier alpha value is -2.71. The zero-order valence-corrected chi connectivity index (χ0v) is 14.6. The van der Waals surface area contributed by atoms with Crippen LogP contribution in [0.3, 0.4) is 0 Å². The second kappa shape index (κ2) is 6.66. The Morgan fingerprint density at radius 3 is 2.56 bits per heavy atom. The zero-order valence-electron chi connectivity index (χ0n) is 13.0. The highest BCUT2D eigenvalue weighted by atomic mass is 32.2. The molecule has 0 aromatic heterocycles. The van der Waals surface area contributed by atoms with Gasteiger partial charge in [0, 0.05) is 6.07 Å². The average Bonchev–Trinajstić information content (AvgIpc) is 2.84. The van der Waals surface area contributed by atoms with Crippen LogP contribution in [-0.2, 0) is 4.79 Å². The number of nitrogens with zero attached hydrogens (tertiary/aromatic N) is 2. The minimum atomic E-state index is -0.676. The Balaban J connectivity index is 1.94. The summed E-state index contributed by atoms with van der Waals surface area (Å²) in [6, 6.07) is 11.4. The van der Waals surface area contributed by atoms with Crippen LogP contribution in [0.5, 0.6) is 5.75 Å². The summed E-state index contributed by atoms with van der Waals surface area (Å²) in [4.78, 5) is 24.7. The van der Waals surface area contributed by atoms with Gasteiger partial charge in [0.1, 0.15) is 0 Å². The van der Waals surface area contributed by atoms with E-state index >= 15 is 0 Å². The molecule has 0 spiro atoms. The molecule has 126 valence electrons. The number of thioether (sulfide) groups is 1. The number of aromatic hydroxyl groups is 1. The molecule has 1 aliphatic heterocycles. The molecular weight excluding hydrogens is 360 g/mol. The molecular formula is C17H12N2O4S2. The van der Waals surface area contributed by atoms with Crippen LogP contribution in [0.2, 0.25) is 0 Å². The van der Waals surface area contributed by atoms with Crippen LogP contribution in [-0.4, -0.2) is 20.3 Å². The number of phenolic OH excluding ortho intramolecular Hbond substituents is 1. The summed E-state index contributed by atoms with van der Waals surface area (Å²) in [5.74, 6) is -0.705. The van der Waals surface area contributed by atoms with Gasteiger partial charge in [0.15, 0.2) is 10.1 Å². The van der Waals surface area contributed by atoms with E-state index in [1.807, 2.05) is 31.2 Å². The maximum Gasteiger partial charge on any atom is 0.311 e. The topological polar surface area (TPSA) is 83.7 Å². The number of amides is 1. The standard InChI is InChI=1S/C17H12N2O4S2/c1-10-2-5-12(6-3-10)18-16(21)15(25-17(18)24)9-11-4-7-14(20)13(8-11)19(22)23/h2-9,20H,1H3. The summed E-state index contributed by atoms with van der Waals surface area (Å²) in [6.07, 6.45) is 1.53. The summed E-state index contributed by atoms with van der Waals surface area (Å²) < 4.78 is 0.397. The van der Waals surface area contributed by atoms with E-state index < -0.39 is 16.4 Å². The zero-order chi connectivity index (χ0) is 18.1. The second-order valence-electron chi connectivity index (χ2n) is 5.36. The van der Waals surface area contributed by atoms with Gasteiger partial charge in [-0.05, 0) is 36.8 Å². The van der Waals surface area contributed by atoms with Gasteiger partial charge in [0.05, 0.1) is 15.5 Å². The van der Waals surface area contributed by atoms with Crippen molar-refractivity contribution in [1.82, 2.24) is 0 Å². The molecule has 0 radical (unpaired) electrons. The maximum atomic E-state index is 12.7. The van der Waals surface area contributed by atoms with Crippen LogP contribution in [0.4, 0.5) is 11.4 Å². The van der Waals surface area contributed by atoms with E-state index in [0.717, 1.165) is 17.3 Å². The highest BCUT2D eigenvalue weighted by molar-refractivity contribution is 8.27. The van der Waals surface area contributed by atoms with Crippen molar-refractivity contribution in [3.63, 3.8) is 0 Å². The first kappa shape index (κ1) is 17.1. The van der Waals surface area contributed by atoms with Crippen LogP contribution >= 0.6 is 24.0 Å². The second-order valence-corrected chi connectivity index (χ2v) is 7.03. The highest BCUT2D eigenvalue weighted by Crippen LogP contribution is 2.37. The fourth-order valence-corrected chi connectivity index (χ4v) is 3.61. The van der Waals surface area contributed by atoms with Crippen molar-refractivity contribution in [2.75, 3.05) is 4.90 Å². The van der Waals surface area contributed by atoms with Gasteiger partial charge < -0.3 is 5.11 Å². The smallest absolute Gasteiger partial charge is 0.311 e. The van der Waals surface area contributed by atoms with E-state index in [9.17, 15) is 20.0 Å². The Morgan fingerprint density at radius 2 is 1.92 bits per heavy atom. The van der Waals surface area contributed by atoms with Crippen LogP contribution in [0.15, 0.2) is 47.4 Å². The number of carbonyl (C=O) groups is 1. The number of anilines is 1. The number of carbonyl (C=O) groups excluding carboxylic acids is 1. The van der Waals surface area contributed by atoms with Gasteiger partial charge >= 0.3 is 5.69 Å². The summed E-state index contributed by atoms with van der Waals surface area (Å²) in [5.41, 5.74) is 1.77. The molecule has 1 aliphatic rings. The van der Waals surface area contributed by atoms with Crippen LogP contribution in [0, 0.1) is 17.0 Å². The minimum absolute atomic E-state index is 0.283. The van der Waals surface area contributed by atoms with Gasteiger partial charge in [-0.3, -0.25) is 19.8 Å². The number of aryl methyl sites for hydroxylation is 1. The van der Waals surface area contributed by atoms with E-state index in [4.69, 9.17) is 12.2 Å². The normalized spacial score (nSPS) is 15.9. The summed E-state index contributed by atoms with van der Waals surface area (Å²) in [5, 5.41) is 20.4. The molecule has 0 saturated carbocycles. The predicted molar refractivity (Wildman–Crippen MR) is 102 cm³/mol. The van der Waals surface area contributed by atoms with Gasteiger partial charge in [-0.2, -0.15) is 0 Å². The van der Waals surface area contributed by atoms with Crippen molar-refractivity contribution in [2.45, 2.75) is 6.92 Å². The third kappa shape index (κ3) is 3.40. The van der Waals surface area contributed by atoms with E-state index in [0.29, 0.717) is 20.5 Å². The fraction of sp³-hybridized carbons (Fsp3) is 0.0588. The largest absolute Gasteiger partial charge is 0.502 e. The Bertz CT molecular complexity index is 923. The number of nitro groups is 1. The van der Waals surface area contributed by atoms with Crippen molar-refractivity contribution in [2.24, 2.45) is 0 Å². The first-order valence-corrected chi connectivity index (χ1v) is 8.41. The summed E-state index contributed by atoms with van der Waals surface area (Å²) in [7, 11) is 0. The lowest BCUT2D eigenvalue weighted by Gasteiger charge is -2.14. The molecule has 1 heterocycles. The molecule has 0 unspecified atom stereocenters. The number of hydrogen-bond acceptors (Lipinski definition) is 6. The number of hydrogen-bond donors (Lipinski definition) is 1. The molecule has 0 aliphatic carbocycles. The maximum absolute atomic E-state index is 12.7. The van der Waals surface area contributed by atoms with Crippen molar-refractivity contribution in [3.8, 4) is 5.75 Å². The third-order valence-electron chi connectivity index (χ3n) is 3.58. The summed E-state index contributed by atoms with van der Waals surface area (Å²) >= 11 is 6.42. The molecule has 0 atom stereocenters. The van der Waals surface area contributed by atoms with Crippen molar-refractivity contribution in [3.05, 3.63) is 68.6 Å². The Kier molecular flexibility index (Phi) is 4.56. The molecule has 0 bridgehead atoms. The number of thiocarbonyl (C=S) groups is 1. The number of benzene rings is 2. The summed E-state index contributed by atoms with van der Waals surface area (Å²) in [6.45, 7) is 1.95. The molecule has 6 nitrogen and oxygen atoms in total. The molecule has 2 aromatic rings. The molecule has 3 rings (SSSR count). The van der Waals surface area contributed by atoms with E-state index in [1.165, 1.54) is 29.2 Å². The predicted octanol–water partition coefficient (Wildman–Crippen LogP) is 4.01. The first-order chi connectivity index (χ1) is 11.9. The van der Waals surface area contributed by atoms with Crippen LogP contribution in [0.25, 0.3) is 6.08 Å². The van der Waals surface area contributed by atoms with E-state index in [2.05, 4.69) is 0 Å².